The maximum Gasteiger partial charge on any atom is 0.263 e. The van der Waals surface area contributed by atoms with E-state index < -0.39 is 5.41 Å². The Morgan fingerprint density at radius 1 is 1.36 bits per heavy atom. The molecule has 0 aromatic carbocycles. The van der Waals surface area contributed by atoms with Gasteiger partial charge in [-0.2, -0.15) is 5.26 Å². The van der Waals surface area contributed by atoms with Crippen molar-refractivity contribution in [1.29, 1.82) is 5.26 Å². The lowest BCUT2D eigenvalue weighted by molar-refractivity contribution is -0.139. The number of carbonyl (C=O) groups excluding carboxylic acids is 1. The summed E-state index contributed by atoms with van der Waals surface area (Å²) in [6, 6.07) is 2.15. The molecule has 1 aliphatic rings. The van der Waals surface area contributed by atoms with Gasteiger partial charge in [-0.15, -0.1) is 0 Å². The van der Waals surface area contributed by atoms with Crippen LogP contribution in [0.25, 0.3) is 0 Å². The molecule has 1 fully saturated rings. The van der Waals surface area contributed by atoms with Gasteiger partial charge >= 0.3 is 0 Å². The topological polar surface area (TPSA) is 62.1 Å². The lowest BCUT2D eigenvalue weighted by Gasteiger charge is -2.22. The van der Waals surface area contributed by atoms with Gasteiger partial charge in [0.2, 0.25) is 0 Å². The van der Waals surface area contributed by atoms with Crippen LogP contribution in [0.15, 0.2) is 0 Å². The number of nitrogens with one attached hydrogen (secondary N) is 1. The van der Waals surface area contributed by atoms with Crippen molar-refractivity contribution in [3.63, 3.8) is 0 Å². The average Bonchev–Trinajstić information content (AvgIpc) is 2.44. The highest BCUT2D eigenvalue weighted by Crippen LogP contribution is 2.34. The molecule has 1 aliphatic carbocycles. The first-order valence-corrected chi connectivity index (χ1v) is 5.00. The molecule has 0 aromatic rings. The molecule has 1 saturated carbocycles. The fourth-order valence-electron chi connectivity index (χ4n) is 1.91. The molecule has 0 bridgehead atoms. The second kappa shape index (κ2) is 4.97. The normalized spacial score (nSPS) is 20.6. The van der Waals surface area contributed by atoms with Gasteiger partial charge in [0.1, 0.15) is 5.41 Å². The van der Waals surface area contributed by atoms with Crippen molar-refractivity contribution in [2.75, 3.05) is 7.11 Å². The molecule has 4 nitrogen and oxygen atoms in total. The van der Waals surface area contributed by atoms with Crippen molar-refractivity contribution in [2.24, 2.45) is 5.41 Å². The Bertz CT molecular complexity index is 237. The molecule has 14 heavy (non-hydrogen) atoms. The van der Waals surface area contributed by atoms with Crippen LogP contribution in [0.2, 0.25) is 0 Å². The summed E-state index contributed by atoms with van der Waals surface area (Å²) in [6.07, 6.45) is 5.43. The van der Waals surface area contributed by atoms with E-state index in [9.17, 15) is 4.79 Å². The number of amides is 1. The third-order valence-electron chi connectivity index (χ3n) is 2.80. The van der Waals surface area contributed by atoms with Gasteiger partial charge in [0.05, 0.1) is 13.2 Å². The zero-order chi connectivity index (χ0) is 10.4. The maximum atomic E-state index is 11.6. The highest BCUT2D eigenvalue weighted by molar-refractivity contribution is 5.84. The van der Waals surface area contributed by atoms with Crippen molar-refractivity contribution in [1.82, 2.24) is 5.48 Å². The van der Waals surface area contributed by atoms with Crippen LogP contribution in [0.3, 0.4) is 0 Å². The molecular weight excluding hydrogens is 180 g/mol. The van der Waals surface area contributed by atoms with Gasteiger partial charge in [-0.1, -0.05) is 25.7 Å². The van der Waals surface area contributed by atoms with E-state index in [1.165, 1.54) is 7.11 Å². The van der Waals surface area contributed by atoms with E-state index >= 15 is 0 Å². The van der Waals surface area contributed by atoms with Gasteiger partial charge in [0.15, 0.2) is 0 Å². The SMILES string of the molecule is CONC(=O)C1(C#N)CCCCCC1. The molecule has 1 N–H and O–H groups in total. The van der Waals surface area contributed by atoms with E-state index in [1.807, 2.05) is 0 Å². The summed E-state index contributed by atoms with van der Waals surface area (Å²) in [7, 11) is 1.39. The standard InChI is InChI=1S/C10H16N2O2/c1-14-12-9(13)10(8-11)6-4-2-3-5-7-10/h2-7H2,1H3,(H,12,13). The quantitative estimate of drug-likeness (QED) is 0.538. The highest BCUT2D eigenvalue weighted by atomic mass is 16.6. The van der Waals surface area contributed by atoms with Crippen LogP contribution in [-0.2, 0) is 9.63 Å². The van der Waals surface area contributed by atoms with E-state index in [1.54, 1.807) is 0 Å². The monoisotopic (exact) mass is 196 g/mol. The molecule has 1 rings (SSSR count). The van der Waals surface area contributed by atoms with Crippen molar-refractivity contribution in [2.45, 2.75) is 38.5 Å². The van der Waals surface area contributed by atoms with Crippen LogP contribution < -0.4 is 5.48 Å². The summed E-state index contributed by atoms with van der Waals surface area (Å²) in [5.41, 5.74) is 1.42. The van der Waals surface area contributed by atoms with Gasteiger partial charge in [0.25, 0.3) is 5.91 Å². The maximum absolute atomic E-state index is 11.6. The molecule has 1 amide bonds. The fourth-order valence-corrected chi connectivity index (χ4v) is 1.91. The Morgan fingerprint density at radius 3 is 2.36 bits per heavy atom. The van der Waals surface area contributed by atoms with E-state index in [2.05, 4.69) is 16.4 Å². The summed E-state index contributed by atoms with van der Waals surface area (Å²) in [4.78, 5) is 16.2. The number of nitriles is 1. The minimum absolute atomic E-state index is 0.288. The smallest absolute Gasteiger partial charge is 0.263 e. The van der Waals surface area contributed by atoms with E-state index in [0.717, 1.165) is 25.7 Å². The molecule has 0 aliphatic heterocycles. The van der Waals surface area contributed by atoms with E-state index in [-0.39, 0.29) is 5.91 Å². The van der Waals surface area contributed by atoms with Crippen LogP contribution in [0.1, 0.15) is 38.5 Å². The second-order valence-electron chi connectivity index (χ2n) is 3.74. The van der Waals surface area contributed by atoms with Crippen LogP contribution in [-0.4, -0.2) is 13.0 Å². The molecule has 78 valence electrons. The predicted molar refractivity (Wildman–Crippen MR) is 50.9 cm³/mol. The molecule has 0 saturated heterocycles. The summed E-state index contributed by atoms with van der Waals surface area (Å²) >= 11 is 0. The van der Waals surface area contributed by atoms with Crippen LogP contribution >= 0.6 is 0 Å². The minimum Gasteiger partial charge on any atom is -0.277 e. The Hall–Kier alpha value is -1.08. The summed E-state index contributed by atoms with van der Waals surface area (Å²) in [5.74, 6) is -0.288. The molecule has 0 unspecified atom stereocenters. The Morgan fingerprint density at radius 2 is 1.93 bits per heavy atom. The number of hydrogen-bond donors (Lipinski definition) is 1. The molecular formula is C10H16N2O2. The van der Waals surface area contributed by atoms with Crippen LogP contribution in [0.5, 0.6) is 0 Å². The number of nitrogens with zero attached hydrogens (tertiary/aromatic N) is 1. The molecule has 0 heterocycles. The molecule has 0 spiro atoms. The number of carbonyl (C=O) groups is 1. The van der Waals surface area contributed by atoms with Gasteiger partial charge < -0.3 is 0 Å². The van der Waals surface area contributed by atoms with Crippen molar-refractivity contribution in [3.8, 4) is 6.07 Å². The van der Waals surface area contributed by atoms with E-state index in [4.69, 9.17) is 5.26 Å². The molecule has 0 atom stereocenters. The van der Waals surface area contributed by atoms with Crippen LogP contribution in [0, 0.1) is 16.7 Å². The number of hydrogen-bond acceptors (Lipinski definition) is 3. The zero-order valence-corrected chi connectivity index (χ0v) is 8.51. The Labute approximate surface area is 84.2 Å². The zero-order valence-electron chi connectivity index (χ0n) is 8.51. The van der Waals surface area contributed by atoms with Crippen molar-refractivity contribution in [3.05, 3.63) is 0 Å². The van der Waals surface area contributed by atoms with Gasteiger partial charge in [-0.25, -0.2) is 5.48 Å². The average molecular weight is 196 g/mol. The largest absolute Gasteiger partial charge is 0.277 e. The summed E-state index contributed by atoms with van der Waals surface area (Å²) in [5, 5.41) is 9.10. The molecule has 0 radical (unpaired) electrons. The predicted octanol–water partition coefficient (Wildman–Crippen LogP) is 1.53. The van der Waals surface area contributed by atoms with Crippen molar-refractivity contribution < 1.29 is 9.63 Å². The first-order chi connectivity index (χ1) is 6.75. The third kappa shape index (κ3) is 2.24. The second-order valence-corrected chi connectivity index (χ2v) is 3.74. The van der Waals surface area contributed by atoms with Crippen molar-refractivity contribution >= 4 is 5.91 Å². The highest BCUT2D eigenvalue weighted by Gasteiger charge is 2.38. The summed E-state index contributed by atoms with van der Waals surface area (Å²) in [6.45, 7) is 0. The fraction of sp³-hybridized carbons (Fsp3) is 0.800. The van der Waals surface area contributed by atoms with Gasteiger partial charge in [-0.05, 0) is 12.8 Å². The lowest BCUT2D eigenvalue weighted by atomic mass is 9.81. The molecule has 0 aromatic heterocycles. The van der Waals surface area contributed by atoms with Crippen LogP contribution in [0.4, 0.5) is 0 Å². The third-order valence-corrected chi connectivity index (χ3v) is 2.80. The number of hydroxylamine groups is 1. The Balaban J connectivity index is 2.73. The minimum atomic E-state index is -0.855. The first-order valence-electron chi connectivity index (χ1n) is 5.00. The van der Waals surface area contributed by atoms with Gasteiger partial charge in [0, 0.05) is 0 Å². The summed E-state index contributed by atoms with van der Waals surface area (Å²) < 4.78 is 0. The van der Waals surface area contributed by atoms with E-state index in [0.29, 0.717) is 12.8 Å². The lowest BCUT2D eigenvalue weighted by Crippen LogP contribution is -2.39. The Kier molecular flexibility index (Phi) is 3.90. The number of rotatable bonds is 2. The van der Waals surface area contributed by atoms with Gasteiger partial charge in [-0.3, -0.25) is 9.63 Å². The molecule has 4 heteroatoms. The first kappa shape index (κ1) is 11.0.